The van der Waals surface area contributed by atoms with E-state index in [9.17, 15) is 9.18 Å². The van der Waals surface area contributed by atoms with Gasteiger partial charge in [0.25, 0.3) is 0 Å². The van der Waals surface area contributed by atoms with E-state index in [0.29, 0.717) is 23.7 Å². The molecule has 132 valence electrons. The summed E-state index contributed by atoms with van der Waals surface area (Å²) in [4.78, 5) is 14.5. The van der Waals surface area contributed by atoms with Crippen molar-refractivity contribution >= 4 is 11.6 Å². The summed E-state index contributed by atoms with van der Waals surface area (Å²) in [7, 11) is 0. The van der Waals surface area contributed by atoms with Gasteiger partial charge in [-0.1, -0.05) is 13.0 Å². The first-order valence-electron chi connectivity index (χ1n) is 8.17. The first-order chi connectivity index (χ1) is 12.0. The molecular formula is C19H21FN2O3. The third-order valence-corrected chi connectivity index (χ3v) is 4.36. The number of hydrogen-bond acceptors (Lipinski definition) is 4. The number of halogens is 1. The molecule has 1 aliphatic rings. The van der Waals surface area contributed by atoms with Gasteiger partial charge in [0, 0.05) is 11.7 Å². The maximum atomic E-state index is 13.3. The summed E-state index contributed by atoms with van der Waals surface area (Å²) < 4.78 is 24.0. The highest BCUT2D eigenvalue weighted by Crippen LogP contribution is 2.33. The van der Waals surface area contributed by atoms with Crippen molar-refractivity contribution < 1.29 is 18.7 Å². The lowest BCUT2D eigenvalue weighted by Gasteiger charge is -2.27. The Balaban J connectivity index is 1.90. The molecule has 5 nitrogen and oxygen atoms in total. The number of nitrogens with two attached hydrogens (primary N) is 1. The quantitative estimate of drug-likeness (QED) is 0.905. The zero-order valence-corrected chi connectivity index (χ0v) is 14.2. The van der Waals surface area contributed by atoms with Crippen molar-refractivity contribution in [3.63, 3.8) is 0 Å². The average Bonchev–Trinajstić information content (AvgIpc) is 3.07. The van der Waals surface area contributed by atoms with E-state index >= 15 is 0 Å². The number of amides is 1. The Morgan fingerprint density at radius 3 is 2.52 bits per heavy atom. The molecule has 25 heavy (non-hydrogen) atoms. The van der Waals surface area contributed by atoms with Crippen LogP contribution in [0.5, 0.6) is 11.5 Å². The molecule has 0 bridgehead atoms. The molecule has 0 fully saturated rings. The van der Waals surface area contributed by atoms with E-state index in [0.717, 1.165) is 5.56 Å². The van der Waals surface area contributed by atoms with E-state index in [1.807, 2.05) is 18.2 Å². The molecule has 0 spiro atoms. The molecule has 0 aliphatic carbocycles. The van der Waals surface area contributed by atoms with E-state index in [-0.39, 0.29) is 30.5 Å². The van der Waals surface area contributed by atoms with Gasteiger partial charge in [0.2, 0.25) is 12.7 Å². The predicted octanol–water partition coefficient (Wildman–Crippen LogP) is 3.07. The number of fused-ring (bicyclic) bond motifs is 1. The van der Waals surface area contributed by atoms with Crippen LogP contribution in [-0.4, -0.2) is 18.7 Å². The fourth-order valence-corrected chi connectivity index (χ4v) is 2.61. The Kier molecular flexibility index (Phi) is 4.90. The van der Waals surface area contributed by atoms with Crippen molar-refractivity contribution in [2.24, 2.45) is 11.7 Å². The highest BCUT2D eigenvalue weighted by molar-refractivity contribution is 5.95. The lowest BCUT2D eigenvalue weighted by Crippen LogP contribution is -2.41. The van der Waals surface area contributed by atoms with Crippen LogP contribution in [0.2, 0.25) is 0 Å². The molecule has 2 aromatic rings. The molecule has 0 aromatic heterocycles. The lowest BCUT2D eigenvalue weighted by atomic mass is 10.0. The molecular weight excluding hydrogens is 323 g/mol. The average molecular weight is 344 g/mol. The highest BCUT2D eigenvalue weighted by Gasteiger charge is 2.25. The van der Waals surface area contributed by atoms with Gasteiger partial charge in [-0.05, 0) is 48.9 Å². The summed E-state index contributed by atoms with van der Waals surface area (Å²) in [6.07, 6.45) is 0. The topological polar surface area (TPSA) is 64.8 Å². The molecule has 2 N–H and O–H groups in total. The second kappa shape index (κ2) is 7.11. The van der Waals surface area contributed by atoms with E-state index in [4.69, 9.17) is 15.2 Å². The number of rotatable bonds is 5. The lowest BCUT2D eigenvalue weighted by molar-refractivity contribution is -0.122. The summed E-state index contributed by atoms with van der Waals surface area (Å²) in [5.41, 5.74) is 7.41. The van der Waals surface area contributed by atoms with Crippen LogP contribution in [0.15, 0.2) is 42.5 Å². The molecule has 2 aromatic carbocycles. The van der Waals surface area contributed by atoms with Crippen LogP contribution in [0.4, 0.5) is 10.1 Å². The van der Waals surface area contributed by atoms with E-state index in [1.54, 1.807) is 30.9 Å². The zero-order chi connectivity index (χ0) is 18.0. The van der Waals surface area contributed by atoms with E-state index in [1.165, 1.54) is 12.1 Å². The van der Waals surface area contributed by atoms with Gasteiger partial charge < -0.3 is 20.1 Å². The van der Waals surface area contributed by atoms with Gasteiger partial charge in [0.05, 0.1) is 12.5 Å². The Bertz CT molecular complexity index is 762. The maximum absolute atomic E-state index is 13.3. The fraction of sp³-hybridized carbons (Fsp3) is 0.316. The van der Waals surface area contributed by atoms with Crippen LogP contribution < -0.4 is 20.1 Å². The van der Waals surface area contributed by atoms with Crippen molar-refractivity contribution in [3.05, 3.63) is 53.8 Å². The zero-order valence-electron chi connectivity index (χ0n) is 14.2. The SMILES string of the molecule is CC(N)C(C)C(=O)N(Cc1ccc2c(c1)OCO2)c1ccc(F)cc1. The van der Waals surface area contributed by atoms with Crippen LogP contribution in [-0.2, 0) is 11.3 Å². The third-order valence-electron chi connectivity index (χ3n) is 4.36. The Labute approximate surface area is 146 Å². The second-order valence-electron chi connectivity index (χ2n) is 6.24. The minimum Gasteiger partial charge on any atom is -0.454 e. The van der Waals surface area contributed by atoms with Crippen molar-refractivity contribution in [1.82, 2.24) is 0 Å². The standard InChI is InChI=1S/C19H21FN2O3/c1-12(13(2)21)19(23)22(16-6-4-15(20)5-7-16)10-14-3-8-17-18(9-14)25-11-24-17/h3-9,12-13H,10-11,21H2,1-2H3. The summed E-state index contributed by atoms with van der Waals surface area (Å²) in [5, 5.41) is 0. The van der Waals surface area contributed by atoms with Gasteiger partial charge in [-0.15, -0.1) is 0 Å². The van der Waals surface area contributed by atoms with Gasteiger partial charge in [-0.25, -0.2) is 4.39 Å². The summed E-state index contributed by atoms with van der Waals surface area (Å²) in [6, 6.07) is 11.1. The highest BCUT2D eigenvalue weighted by atomic mass is 19.1. The molecule has 6 heteroatoms. The molecule has 3 rings (SSSR count). The smallest absolute Gasteiger partial charge is 0.231 e. The number of anilines is 1. The molecule has 0 saturated carbocycles. The predicted molar refractivity (Wildman–Crippen MR) is 93.0 cm³/mol. The first-order valence-corrected chi connectivity index (χ1v) is 8.17. The van der Waals surface area contributed by atoms with Crippen molar-refractivity contribution in [1.29, 1.82) is 0 Å². The molecule has 0 saturated heterocycles. The monoisotopic (exact) mass is 344 g/mol. The summed E-state index contributed by atoms with van der Waals surface area (Å²) in [5.74, 6) is 0.523. The normalized spacial score (nSPS) is 14.9. The van der Waals surface area contributed by atoms with E-state index in [2.05, 4.69) is 0 Å². The summed E-state index contributed by atoms with van der Waals surface area (Å²) >= 11 is 0. The van der Waals surface area contributed by atoms with Crippen molar-refractivity contribution in [3.8, 4) is 11.5 Å². The largest absolute Gasteiger partial charge is 0.454 e. The molecule has 1 aliphatic heterocycles. The van der Waals surface area contributed by atoms with Crippen LogP contribution in [0, 0.1) is 11.7 Å². The Hall–Kier alpha value is -2.60. The first kappa shape index (κ1) is 17.2. The number of nitrogens with zero attached hydrogens (tertiary/aromatic N) is 1. The fourth-order valence-electron chi connectivity index (χ4n) is 2.61. The number of benzene rings is 2. The third kappa shape index (κ3) is 3.74. The second-order valence-corrected chi connectivity index (χ2v) is 6.24. The molecule has 0 radical (unpaired) electrons. The van der Waals surface area contributed by atoms with Crippen LogP contribution in [0.25, 0.3) is 0 Å². The number of carbonyl (C=O) groups excluding carboxylic acids is 1. The van der Waals surface area contributed by atoms with Gasteiger partial charge in [-0.2, -0.15) is 0 Å². The molecule has 1 heterocycles. The Morgan fingerprint density at radius 2 is 1.84 bits per heavy atom. The van der Waals surface area contributed by atoms with Crippen LogP contribution in [0.1, 0.15) is 19.4 Å². The van der Waals surface area contributed by atoms with Crippen molar-refractivity contribution in [2.45, 2.75) is 26.4 Å². The van der Waals surface area contributed by atoms with Gasteiger partial charge in [0.15, 0.2) is 11.5 Å². The number of carbonyl (C=O) groups is 1. The van der Waals surface area contributed by atoms with Crippen molar-refractivity contribution in [2.75, 3.05) is 11.7 Å². The Morgan fingerprint density at radius 1 is 1.16 bits per heavy atom. The van der Waals surface area contributed by atoms with Crippen LogP contribution >= 0.6 is 0 Å². The molecule has 1 amide bonds. The number of hydrogen-bond donors (Lipinski definition) is 1. The summed E-state index contributed by atoms with van der Waals surface area (Å²) in [6.45, 7) is 4.12. The van der Waals surface area contributed by atoms with E-state index < -0.39 is 0 Å². The van der Waals surface area contributed by atoms with Gasteiger partial charge in [-0.3, -0.25) is 4.79 Å². The molecule has 2 unspecified atom stereocenters. The molecule has 2 atom stereocenters. The maximum Gasteiger partial charge on any atom is 0.231 e. The van der Waals surface area contributed by atoms with Gasteiger partial charge >= 0.3 is 0 Å². The van der Waals surface area contributed by atoms with Gasteiger partial charge in [0.1, 0.15) is 5.82 Å². The minimum absolute atomic E-state index is 0.112. The minimum atomic E-state index is -0.362. The number of ether oxygens (including phenoxy) is 2. The van der Waals surface area contributed by atoms with Crippen LogP contribution in [0.3, 0.4) is 0 Å².